The van der Waals surface area contributed by atoms with Gasteiger partial charge in [-0.05, 0) is 25.0 Å². The molecule has 0 heterocycles. The molecule has 0 saturated heterocycles. The van der Waals surface area contributed by atoms with Gasteiger partial charge in [0, 0.05) is 29.5 Å². The number of carbonyl (C=O) groups excluding carboxylic acids is 1. The van der Waals surface area contributed by atoms with Crippen molar-refractivity contribution >= 4 is 21.8 Å². The molecule has 0 bridgehead atoms. The first-order valence-electron chi connectivity index (χ1n) is 6.43. The summed E-state index contributed by atoms with van der Waals surface area (Å²) in [5, 5.41) is 19.6. The van der Waals surface area contributed by atoms with E-state index in [1.807, 2.05) is 13.8 Å². The van der Waals surface area contributed by atoms with Crippen molar-refractivity contribution in [1.82, 2.24) is 4.90 Å². The number of hydrogen-bond donors (Lipinski definition) is 2. The number of benzene rings is 1. The minimum absolute atomic E-state index is 0.105. The molecule has 0 aromatic heterocycles. The Hall–Kier alpha value is -1.23. The second kappa shape index (κ2) is 7.38. The molecule has 0 atom stereocenters. The summed E-state index contributed by atoms with van der Waals surface area (Å²) >= 11 is 3.35. The van der Waals surface area contributed by atoms with Gasteiger partial charge in [0.15, 0.2) is 0 Å². The summed E-state index contributed by atoms with van der Waals surface area (Å²) in [4.78, 5) is 14.3. The average molecular weight is 330 g/mol. The zero-order chi connectivity index (χ0) is 14.4. The fraction of sp³-hybridized carbons (Fsp3) is 0.500. The zero-order valence-electron chi connectivity index (χ0n) is 11.3. The topological polar surface area (TPSA) is 60.8 Å². The van der Waals surface area contributed by atoms with Gasteiger partial charge in [-0.25, -0.2) is 0 Å². The van der Waals surface area contributed by atoms with Gasteiger partial charge in [-0.1, -0.05) is 29.8 Å². The van der Waals surface area contributed by atoms with Gasteiger partial charge >= 0.3 is 0 Å². The monoisotopic (exact) mass is 329 g/mol. The maximum Gasteiger partial charge on any atom is 0.254 e. The molecule has 0 aliphatic carbocycles. The van der Waals surface area contributed by atoms with Crippen molar-refractivity contribution in [3.05, 3.63) is 23.8 Å². The Kier molecular flexibility index (Phi) is 6.15. The van der Waals surface area contributed by atoms with Crippen LogP contribution in [0.15, 0.2) is 18.2 Å². The van der Waals surface area contributed by atoms with E-state index in [1.165, 1.54) is 18.2 Å². The molecule has 0 saturated carbocycles. The van der Waals surface area contributed by atoms with Crippen LogP contribution < -0.4 is 0 Å². The van der Waals surface area contributed by atoms with E-state index in [-0.39, 0.29) is 23.4 Å². The molecule has 2 N–H and O–H groups in total. The van der Waals surface area contributed by atoms with E-state index < -0.39 is 0 Å². The average Bonchev–Trinajstić information content (AvgIpc) is 2.37. The largest absolute Gasteiger partial charge is 0.508 e. The van der Waals surface area contributed by atoms with E-state index in [4.69, 9.17) is 0 Å². The Morgan fingerprint density at radius 1 is 1.21 bits per heavy atom. The third kappa shape index (κ3) is 4.13. The molecule has 1 amide bonds. The van der Waals surface area contributed by atoms with Gasteiger partial charge in [0.1, 0.15) is 11.5 Å². The van der Waals surface area contributed by atoms with Crippen molar-refractivity contribution in [2.45, 2.75) is 32.7 Å². The van der Waals surface area contributed by atoms with Gasteiger partial charge in [-0.2, -0.15) is 0 Å². The van der Waals surface area contributed by atoms with Gasteiger partial charge in [0.25, 0.3) is 5.91 Å². The molecule has 0 aliphatic rings. The molecular weight excluding hydrogens is 310 g/mol. The van der Waals surface area contributed by atoms with Gasteiger partial charge in [-0.15, -0.1) is 0 Å². The summed E-state index contributed by atoms with van der Waals surface area (Å²) in [6.45, 7) is 4.69. The van der Waals surface area contributed by atoms with Crippen molar-refractivity contribution in [2.24, 2.45) is 0 Å². The normalized spacial score (nSPS) is 10.7. The number of hydrogen-bond acceptors (Lipinski definition) is 3. The number of halogens is 1. The minimum atomic E-state index is -0.167. The molecule has 1 aromatic carbocycles. The van der Waals surface area contributed by atoms with Gasteiger partial charge in [0.2, 0.25) is 0 Å². The molecule has 4 nitrogen and oxygen atoms in total. The lowest BCUT2D eigenvalue weighted by Gasteiger charge is -2.30. The molecule has 1 aromatic rings. The molecule has 0 spiro atoms. The SMILES string of the molecule is CCC(CC)N(CCBr)C(=O)c1cc(O)cc(O)c1. The molecule has 0 unspecified atom stereocenters. The highest BCUT2D eigenvalue weighted by Crippen LogP contribution is 2.23. The Morgan fingerprint density at radius 2 is 1.74 bits per heavy atom. The summed E-state index contributed by atoms with van der Waals surface area (Å²) in [6, 6.07) is 4.13. The molecule has 0 aliphatic heterocycles. The fourth-order valence-corrected chi connectivity index (χ4v) is 2.54. The van der Waals surface area contributed by atoms with Crippen molar-refractivity contribution in [3.8, 4) is 11.5 Å². The van der Waals surface area contributed by atoms with Crippen LogP contribution in [-0.2, 0) is 0 Å². The number of nitrogens with zero attached hydrogens (tertiary/aromatic N) is 1. The van der Waals surface area contributed by atoms with Crippen LogP contribution in [0.1, 0.15) is 37.0 Å². The maximum atomic E-state index is 12.5. The first kappa shape index (κ1) is 15.8. The number of amides is 1. The van der Waals surface area contributed by atoms with Crippen LogP contribution in [0.5, 0.6) is 11.5 Å². The molecule has 1 rings (SSSR count). The van der Waals surface area contributed by atoms with E-state index in [2.05, 4.69) is 15.9 Å². The summed E-state index contributed by atoms with van der Waals surface area (Å²) in [5.74, 6) is -0.377. The second-order valence-corrected chi connectivity index (χ2v) is 5.19. The van der Waals surface area contributed by atoms with Crippen LogP contribution >= 0.6 is 15.9 Å². The van der Waals surface area contributed by atoms with Crippen LogP contribution in [0.3, 0.4) is 0 Å². The summed E-state index contributed by atoms with van der Waals surface area (Å²) < 4.78 is 0. The molecular formula is C14H20BrNO3. The molecule has 106 valence electrons. The lowest BCUT2D eigenvalue weighted by atomic mass is 10.1. The second-order valence-electron chi connectivity index (χ2n) is 4.40. The standard InChI is InChI=1S/C14H20BrNO3/c1-3-11(4-2)16(6-5-15)14(19)10-7-12(17)9-13(18)8-10/h7-9,11,17-18H,3-6H2,1-2H3. The Balaban J connectivity index is 3.04. The summed E-state index contributed by atoms with van der Waals surface area (Å²) in [5.41, 5.74) is 0.311. The smallest absolute Gasteiger partial charge is 0.254 e. The molecule has 5 heteroatoms. The highest BCUT2D eigenvalue weighted by atomic mass is 79.9. The Bertz CT molecular complexity index is 412. The van der Waals surface area contributed by atoms with E-state index in [0.717, 1.165) is 12.8 Å². The third-order valence-electron chi connectivity index (χ3n) is 3.12. The van der Waals surface area contributed by atoms with Crippen molar-refractivity contribution in [2.75, 3.05) is 11.9 Å². The quantitative estimate of drug-likeness (QED) is 0.788. The lowest BCUT2D eigenvalue weighted by molar-refractivity contribution is 0.0682. The third-order valence-corrected chi connectivity index (χ3v) is 3.47. The van der Waals surface area contributed by atoms with Crippen LogP contribution in [0.2, 0.25) is 0 Å². The van der Waals surface area contributed by atoms with E-state index in [0.29, 0.717) is 17.4 Å². The van der Waals surface area contributed by atoms with Crippen molar-refractivity contribution in [3.63, 3.8) is 0 Å². The maximum absolute atomic E-state index is 12.5. The van der Waals surface area contributed by atoms with Crippen molar-refractivity contribution < 1.29 is 15.0 Å². The van der Waals surface area contributed by atoms with Crippen LogP contribution in [0, 0.1) is 0 Å². The van der Waals surface area contributed by atoms with Crippen LogP contribution in [0.4, 0.5) is 0 Å². The number of phenols is 2. The fourth-order valence-electron chi connectivity index (χ4n) is 2.15. The first-order valence-corrected chi connectivity index (χ1v) is 7.55. The highest BCUT2D eigenvalue weighted by molar-refractivity contribution is 9.09. The predicted octanol–water partition coefficient (Wildman–Crippen LogP) is 3.12. The number of alkyl halides is 1. The predicted molar refractivity (Wildman–Crippen MR) is 79.0 cm³/mol. The summed E-state index contributed by atoms with van der Waals surface area (Å²) in [6.07, 6.45) is 1.75. The molecule has 19 heavy (non-hydrogen) atoms. The number of carbonyl (C=O) groups is 1. The van der Waals surface area contributed by atoms with Gasteiger partial charge in [0.05, 0.1) is 0 Å². The van der Waals surface area contributed by atoms with E-state index >= 15 is 0 Å². The number of rotatable bonds is 6. The Morgan fingerprint density at radius 3 is 2.16 bits per heavy atom. The first-order chi connectivity index (χ1) is 9.03. The van der Waals surface area contributed by atoms with E-state index in [9.17, 15) is 15.0 Å². The number of aromatic hydroxyl groups is 2. The summed E-state index contributed by atoms with van der Waals surface area (Å²) in [7, 11) is 0. The molecule has 0 radical (unpaired) electrons. The Labute approximate surface area is 122 Å². The van der Waals surface area contributed by atoms with Gasteiger partial charge < -0.3 is 15.1 Å². The lowest BCUT2D eigenvalue weighted by Crippen LogP contribution is -2.41. The van der Waals surface area contributed by atoms with Crippen LogP contribution in [-0.4, -0.2) is 38.9 Å². The van der Waals surface area contributed by atoms with Gasteiger partial charge in [-0.3, -0.25) is 4.79 Å². The van der Waals surface area contributed by atoms with Crippen LogP contribution in [0.25, 0.3) is 0 Å². The van der Waals surface area contributed by atoms with E-state index in [1.54, 1.807) is 4.90 Å². The minimum Gasteiger partial charge on any atom is -0.508 e. The number of phenolic OH excluding ortho intramolecular Hbond substituents is 2. The highest BCUT2D eigenvalue weighted by Gasteiger charge is 2.22. The molecule has 0 fully saturated rings. The van der Waals surface area contributed by atoms with Crippen molar-refractivity contribution in [1.29, 1.82) is 0 Å². The zero-order valence-corrected chi connectivity index (χ0v) is 12.9.